The Labute approximate surface area is 85.4 Å². The Morgan fingerprint density at radius 1 is 1.36 bits per heavy atom. The fourth-order valence-electron chi connectivity index (χ4n) is 1.22. The lowest BCUT2D eigenvalue weighted by Crippen LogP contribution is -2.21. The van der Waals surface area contributed by atoms with Crippen molar-refractivity contribution in [3.05, 3.63) is 24.2 Å². The summed E-state index contributed by atoms with van der Waals surface area (Å²) in [7, 11) is 0. The van der Waals surface area contributed by atoms with Crippen molar-refractivity contribution in [2.45, 2.75) is 18.6 Å². The predicted octanol–water partition coefficient (Wildman–Crippen LogP) is 1.58. The molecule has 14 heavy (non-hydrogen) atoms. The van der Waals surface area contributed by atoms with E-state index >= 15 is 0 Å². The molecule has 1 aliphatic heterocycles. The molecule has 0 saturated carbocycles. The zero-order chi connectivity index (χ0) is 9.97. The quantitative estimate of drug-likeness (QED) is 0.562. The third kappa shape index (κ3) is 1.82. The minimum atomic E-state index is -0.105. The summed E-state index contributed by atoms with van der Waals surface area (Å²) in [6.07, 6.45) is 2.25. The molecule has 0 radical (unpaired) electrons. The van der Waals surface area contributed by atoms with Gasteiger partial charge in [-0.15, -0.1) is 0 Å². The highest BCUT2D eigenvalue weighted by molar-refractivity contribution is 7.97. The van der Waals surface area contributed by atoms with Gasteiger partial charge in [-0.25, -0.2) is 4.31 Å². The lowest BCUT2D eigenvalue weighted by atomic mass is 10.4. The number of rotatable bonds is 3. The molecular weight excluding hydrogens is 202 g/mol. The normalized spacial score (nSPS) is 16.7. The summed E-state index contributed by atoms with van der Waals surface area (Å²) in [6.45, 7) is 0. The molecule has 0 atom stereocenters. The number of furan rings is 1. The van der Waals surface area contributed by atoms with Crippen LogP contribution in [0.3, 0.4) is 0 Å². The van der Waals surface area contributed by atoms with Gasteiger partial charge in [-0.05, 0) is 24.1 Å². The van der Waals surface area contributed by atoms with Gasteiger partial charge in [-0.2, -0.15) is 0 Å². The van der Waals surface area contributed by atoms with Crippen molar-refractivity contribution in [2.75, 3.05) is 0 Å². The average molecular weight is 211 g/mol. The summed E-state index contributed by atoms with van der Waals surface area (Å²) in [5.74, 6) is 1.07. The van der Waals surface area contributed by atoms with Crippen LogP contribution < -0.4 is 0 Å². The molecule has 0 N–H and O–H groups in total. The van der Waals surface area contributed by atoms with E-state index in [1.165, 1.54) is 16.3 Å². The van der Waals surface area contributed by atoms with Crippen LogP contribution in [0.2, 0.25) is 0 Å². The summed E-state index contributed by atoms with van der Waals surface area (Å²) < 4.78 is 6.32. The first-order valence-electron chi connectivity index (χ1n) is 4.28. The summed E-state index contributed by atoms with van der Waals surface area (Å²) in [5.41, 5.74) is 0. The number of hydrogen-bond acceptors (Lipinski definition) is 4. The van der Waals surface area contributed by atoms with Crippen molar-refractivity contribution in [3.8, 4) is 0 Å². The fraction of sp³-hybridized carbons (Fsp3) is 0.333. The van der Waals surface area contributed by atoms with Crippen LogP contribution in [0, 0.1) is 0 Å². The molecule has 2 amide bonds. The van der Waals surface area contributed by atoms with Crippen LogP contribution in [0.25, 0.3) is 0 Å². The Morgan fingerprint density at radius 3 is 2.64 bits per heavy atom. The maximum Gasteiger partial charge on any atom is 0.239 e. The Hall–Kier alpha value is -1.23. The van der Waals surface area contributed by atoms with Crippen molar-refractivity contribution in [2.24, 2.45) is 0 Å². The molecule has 1 aromatic heterocycles. The summed E-state index contributed by atoms with van der Waals surface area (Å²) >= 11 is 1.20. The molecule has 1 fully saturated rings. The third-order valence-electron chi connectivity index (χ3n) is 1.92. The summed E-state index contributed by atoms with van der Waals surface area (Å²) in [4.78, 5) is 22.4. The van der Waals surface area contributed by atoms with Crippen LogP contribution in [0.15, 0.2) is 22.8 Å². The average Bonchev–Trinajstić information content (AvgIpc) is 2.76. The monoisotopic (exact) mass is 211 g/mol. The molecule has 1 aliphatic rings. The molecule has 0 aliphatic carbocycles. The van der Waals surface area contributed by atoms with Gasteiger partial charge < -0.3 is 4.42 Å². The number of imide groups is 1. The molecule has 74 valence electrons. The third-order valence-corrected chi connectivity index (χ3v) is 3.00. The van der Waals surface area contributed by atoms with Crippen LogP contribution in [-0.2, 0) is 15.3 Å². The number of carbonyl (C=O) groups excluding carboxylic acids is 2. The highest BCUT2D eigenvalue weighted by Gasteiger charge is 2.29. The van der Waals surface area contributed by atoms with E-state index in [1.54, 1.807) is 12.3 Å². The van der Waals surface area contributed by atoms with E-state index in [-0.39, 0.29) is 11.8 Å². The Kier molecular flexibility index (Phi) is 2.58. The fourth-order valence-corrected chi connectivity index (χ4v) is 2.11. The standard InChI is InChI=1S/C9H9NO3S/c11-8-3-4-9(12)10(8)14-6-7-2-1-5-13-7/h1-2,5H,3-4,6H2. The van der Waals surface area contributed by atoms with E-state index < -0.39 is 0 Å². The van der Waals surface area contributed by atoms with Crippen LogP contribution in [0.5, 0.6) is 0 Å². The second kappa shape index (κ2) is 3.88. The smallest absolute Gasteiger partial charge is 0.239 e. The van der Waals surface area contributed by atoms with Crippen LogP contribution in [-0.4, -0.2) is 16.1 Å². The topological polar surface area (TPSA) is 50.5 Å². The van der Waals surface area contributed by atoms with Gasteiger partial charge in [-0.3, -0.25) is 9.59 Å². The summed E-state index contributed by atoms with van der Waals surface area (Å²) in [5, 5.41) is 0. The van der Waals surface area contributed by atoms with Gasteiger partial charge in [0.25, 0.3) is 0 Å². The Balaban J connectivity index is 1.92. The van der Waals surface area contributed by atoms with E-state index in [0.29, 0.717) is 18.6 Å². The van der Waals surface area contributed by atoms with E-state index in [1.807, 2.05) is 6.07 Å². The van der Waals surface area contributed by atoms with Crippen molar-refractivity contribution in [1.29, 1.82) is 0 Å². The minimum Gasteiger partial charge on any atom is -0.468 e. The highest BCUT2D eigenvalue weighted by Crippen LogP contribution is 2.24. The van der Waals surface area contributed by atoms with Crippen LogP contribution >= 0.6 is 11.9 Å². The molecule has 1 aromatic rings. The number of carbonyl (C=O) groups is 2. The van der Waals surface area contributed by atoms with E-state index in [4.69, 9.17) is 4.42 Å². The molecule has 1 saturated heterocycles. The first-order valence-corrected chi connectivity index (χ1v) is 5.23. The lowest BCUT2D eigenvalue weighted by molar-refractivity contribution is -0.131. The maximum absolute atomic E-state index is 11.2. The minimum absolute atomic E-state index is 0.105. The van der Waals surface area contributed by atoms with Gasteiger partial charge in [0.2, 0.25) is 11.8 Å². The molecule has 0 bridgehead atoms. The molecule has 4 nitrogen and oxygen atoms in total. The van der Waals surface area contributed by atoms with Gasteiger partial charge in [0.15, 0.2) is 0 Å². The molecule has 5 heteroatoms. The van der Waals surface area contributed by atoms with E-state index in [2.05, 4.69) is 0 Å². The Morgan fingerprint density at radius 2 is 2.07 bits per heavy atom. The maximum atomic E-state index is 11.2. The largest absolute Gasteiger partial charge is 0.468 e. The zero-order valence-electron chi connectivity index (χ0n) is 7.43. The van der Waals surface area contributed by atoms with Gasteiger partial charge in [0, 0.05) is 12.8 Å². The Bertz CT molecular complexity index is 331. The SMILES string of the molecule is O=C1CCC(=O)N1SCc1ccco1. The molecule has 0 aromatic carbocycles. The predicted molar refractivity (Wildman–Crippen MR) is 51.1 cm³/mol. The van der Waals surface area contributed by atoms with Gasteiger partial charge in [-0.1, -0.05) is 0 Å². The molecule has 0 spiro atoms. The molecule has 0 unspecified atom stereocenters. The number of nitrogens with zero attached hydrogens (tertiary/aromatic N) is 1. The van der Waals surface area contributed by atoms with Crippen molar-refractivity contribution in [3.63, 3.8) is 0 Å². The van der Waals surface area contributed by atoms with E-state index in [9.17, 15) is 9.59 Å². The zero-order valence-corrected chi connectivity index (χ0v) is 8.25. The second-order valence-electron chi connectivity index (χ2n) is 2.93. The second-order valence-corrected chi connectivity index (χ2v) is 3.85. The van der Waals surface area contributed by atoms with Gasteiger partial charge >= 0.3 is 0 Å². The lowest BCUT2D eigenvalue weighted by Gasteiger charge is -2.10. The summed E-state index contributed by atoms with van der Waals surface area (Å²) in [6, 6.07) is 3.60. The van der Waals surface area contributed by atoms with Gasteiger partial charge in [0.1, 0.15) is 5.76 Å². The van der Waals surface area contributed by atoms with Crippen LogP contribution in [0.4, 0.5) is 0 Å². The van der Waals surface area contributed by atoms with Crippen molar-refractivity contribution < 1.29 is 14.0 Å². The van der Waals surface area contributed by atoms with Crippen molar-refractivity contribution >= 4 is 23.8 Å². The van der Waals surface area contributed by atoms with Crippen molar-refractivity contribution in [1.82, 2.24) is 4.31 Å². The van der Waals surface area contributed by atoms with E-state index in [0.717, 1.165) is 5.76 Å². The number of hydrogen-bond donors (Lipinski definition) is 0. The first kappa shape index (κ1) is 9.33. The molecular formula is C9H9NO3S. The van der Waals surface area contributed by atoms with Crippen LogP contribution in [0.1, 0.15) is 18.6 Å². The molecule has 2 heterocycles. The highest BCUT2D eigenvalue weighted by atomic mass is 32.2. The first-order chi connectivity index (χ1) is 6.77. The molecule has 2 rings (SSSR count). The van der Waals surface area contributed by atoms with Gasteiger partial charge in [0.05, 0.1) is 12.0 Å². The number of amides is 2.